The van der Waals surface area contributed by atoms with E-state index in [1.807, 2.05) is 46.6 Å². The van der Waals surface area contributed by atoms with Crippen molar-refractivity contribution in [3.8, 4) is 0 Å². The van der Waals surface area contributed by atoms with Gasteiger partial charge in [-0.15, -0.1) is 0 Å². The lowest BCUT2D eigenvalue weighted by atomic mass is 9.91. The van der Waals surface area contributed by atoms with Crippen molar-refractivity contribution in [1.29, 1.82) is 0 Å². The molecule has 210 valence electrons. The summed E-state index contributed by atoms with van der Waals surface area (Å²) >= 11 is 0. The summed E-state index contributed by atoms with van der Waals surface area (Å²) in [6, 6.07) is 17.9. The van der Waals surface area contributed by atoms with Crippen LogP contribution in [0.3, 0.4) is 0 Å². The highest BCUT2D eigenvalue weighted by atomic mass is 31.2. The number of nitrogens with one attached hydrogen (secondary N) is 1. The molecule has 0 aromatic heterocycles. The molecular formula is C28H30F6N3OP. The minimum absolute atomic E-state index is 0.128. The smallest absolute Gasteiger partial charge is 0.321 e. The second-order valence-electron chi connectivity index (χ2n) is 9.55. The van der Waals surface area contributed by atoms with E-state index in [0.29, 0.717) is 11.1 Å². The van der Waals surface area contributed by atoms with Crippen LogP contribution in [-0.4, -0.2) is 36.5 Å². The van der Waals surface area contributed by atoms with Crippen LogP contribution in [0.4, 0.5) is 26.3 Å². The molecule has 1 N–H and O–H groups in total. The number of rotatable bonds is 7. The van der Waals surface area contributed by atoms with Gasteiger partial charge in [-0.2, -0.15) is 26.3 Å². The van der Waals surface area contributed by atoms with Gasteiger partial charge in [0, 0.05) is 6.04 Å². The van der Waals surface area contributed by atoms with Crippen LogP contribution in [0, 0.1) is 0 Å². The molecule has 1 aliphatic rings. The van der Waals surface area contributed by atoms with E-state index in [4.69, 9.17) is 4.52 Å². The summed E-state index contributed by atoms with van der Waals surface area (Å²) in [6.07, 6.45) is -9.55. The maximum absolute atomic E-state index is 13.6. The number of benzene rings is 3. The second kappa shape index (κ2) is 11.6. The Hall–Kier alpha value is -2.49. The molecule has 11 heteroatoms. The summed E-state index contributed by atoms with van der Waals surface area (Å²) in [4.78, 5) is 0. The van der Waals surface area contributed by atoms with E-state index in [1.54, 1.807) is 33.3 Å². The molecule has 0 spiro atoms. The third-order valence-corrected chi connectivity index (χ3v) is 8.99. The highest BCUT2D eigenvalue weighted by molar-refractivity contribution is 7.47. The Bertz CT molecular complexity index is 1190. The van der Waals surface area contributed by atoms with Crippen molar-refractivity contribution in [2.75, 3.05) is 21.1 Å². The van der Waals surface area contributed by atoms with Crippen molar-refractivity contribution in [2.45, 2.75) is 43.5 Å². The fourth-order valence-corrected chi connectivity index (χ4v) is 7.12. The van der Waals surface area contributed by atoms with Crippen LogP contribution in [0.1, 0.15) is 52.9 Å². The van der Waals surface area contributed by atoms with Crippen LogP contribution in [0.2, 0.25) is 0 Å². The minimum Gasteiger partial charge on any atom is -0.321 e. The molecule has 39 heavy (non-hydrogen) atoms. The molecule has 1 fully saturated rings. The lowest BCUT2D eigenvalue weighted by Crippen LogP contribution is -2.31. The first kappa shape index (κ1) is 29.5. The third kappa shape index (κ3) is 6.31. The summed E-state index contributed by atoms with van der Waals surface area (Å²) in [5.74, 6) is 0. The van der Waals surface area contributed by atoms with Gasteiger partial charge in [-0.3, -0.25) is 0 Å². The number of alkyl halides is 6. The summed E-state index contributed by atoms with van der Waals surface area (Å²) in [7, 11) is 3.68. The number of likely N-dealkylation sites (N-methyl/N-ethyl adjacent to an activating group) is 3. The van der Waals surface area contributed by atoms with E-state index in [-0.39, 0.29) is 6.04 Å². The van der Waals surface area contributed by atoms with Crippen molar-refractivity contribution >= 4 is 8.45 Å². The number of halogens is 6. The van der Waals surface area contributed by atoms with Gasteiger partial charge in [-0.25, -0.2) is 9.34 Å². The standard InChI is InChI=1S/C28H30F6N3OP/c1-18(35-2)26(19-10-6-5-7-11-19)38-39-36(3)24(20-12-8-14-22(16-20)27(29,30)31)25(37(39)4)21-13-9-15-23(17-21)28(32,33)34/h5-18,24-26,35H,1-4H3/t18-,24-,25-,26-/m0/s1. The first-order chi connectivity index (χ1) is 18.3. The van der Waals surface area contributed by atoms with E-state index in [9.17, 15) is 26.3 Å². The predicted molar refractivity (Wildman–Crippen MR) is 140 cm³/mol. The maximum atomic E-state index is 13.6. The van der Waals surface area contributed by atoms with Gasteiger partial charge in [0.05, 0.1) is 23.2 Å². The lowest BCUT2D eigenvalue weighted by molar-refractivity contribution is -0.138. The molecule has 1 aliphatic heterocycles. The molecule has 0 radical (unpaired) electrons. The Balaban J connectivity index is 1.81. The first-order valence-electron chi connectivity index (χ1n) is 12.3. The van der Waals surface area contributed by atoms with Gasteiger partial charge in [0.15, 0.2) is 8.45 Å². The molecule has 0 amide bonds. The molecule has 1 heterocycles. The molecule has 3 aromatic carbocycles. The fourth-order valence-electron chi connectivity index (χ4n) is 4.92. The zero-order valence-electron chi connectivity index (χ0n) is 21.8. The highest BCUT2D eigenvalue weighted by Gasteiger charge is 2.48. The van der Waals surface area contributed by atoms with E-state index >= 15 is 0 Å². The molecular weight excluding hydrogens is 539 g/mol. The molecule has 0 bridgehead atoms. The minimum atomic E-state index is -4.56. The molecule has 0 saturated carbocycles. The Morgan fingerprint density at radius 3 is 1.62 bits per heavy atom. The lowest BCUT2D eigenvalue weighted by Gasteiger charge is -2.33. The van der Waals surface area contributed by atoms with E-state index in [1.165, 1.54) is 12.1 Å². The third-order valence-electron chi connectivity index (χ3n) is 7.00. The Labute approximate surface area is 225 Å². The van der Waals surface area contributed by atoms with Gasteiger partial charge >= 0.3 is 12.4 Å². The SMILES string of the molecule is CN[C@@H](C)[C@H](OP1N(C)[C@@H](c2cccc(C(F)(F)F)c2)[C@H](c2cccc(C(F)(F)F)c2)N1C)c1ccccc1. The fraction of sp³-hybridized carbons (Fsp3) is 0.357. The van der Waals surface area contributed by atoms with E-state index < -0.39 is 50.1 Å². The van der Waals surface area contributed by atoms with Crippen molar-refractivity contribution in [2.24, 2.45) is 0 Å². The highest BCUT2D eigenvalue weighted by Crippen LogP contribution is 2.64. The molecule has 1 saturated heterocycles. The molecule has 4 atom stereocenters. The normalized spacial score (nSPS) is 21.3. The van der Waals surface area contributed by atoms with E-state index in [0.717, 1.165) is 29.8 Å². The van der Waals surface area contributed by atoms with Crippen LogP contribution in [0.25, 0.3) is 0 Å². The Morgan fingerprint density at radius 1 is 0.744 bits per heavy atom. The number of hydrogen-bond donors (Lipinski definition) is 1. The van der Waals surface area contributed by atoms with Crippen LogP contribution in [0.5, 0.6) is 0 Å². The van der Waals surface area contributed by atoms with Crippen LogP contribution in [-0.2, 0) is 16.9 Å². The summed E-state index contributed by atoms with van der Waals surface area (Å²) in [6.45, 7) is 1.96. The quantitative estimate of drug-likeness (QED) is 0.231. The summed E-state index contributed by atoms with van der Waals surface area (Å²) < 4.78 is 92.1. The molecule has 4 rings (SSSR count). The average Bonchev–Trinajstić information content (AvgIpc) is 3.15. The van der Waals surface area contributed by atoms with Gasteiger partial charge in [0.1, 0.15) is 6.10 Å². The van der Waals surface area contributed by atoms with Crippen molar-refractivity contribution in [3.05, 3.63) is 107 Å². The molecule has 3 aromatic rings. The zero-order chi connectivity index (χ0) is 28.5. The monoisotopic (exact) mass is 569 g/mol. The number of hydrogen-bond acceptors (Lipinski definition) is 4. The maximum Gasteiger partial charge on any atom is 0.416 e. The predicted octanol–water partition coefficient (Wildman–Crippen LogP) is 7.98. The van der Waals surface area contributed by atoms with Gasteiger partial charge < -0.3 is 9.84 Å². The molecule has 4 nitrogen and oxygen atoms in total. The molecule has 0 unspecified atom stereocenters. The van der Waals surface area contributed by atoms with Crippen molar-refractivity contribution in [1.82, 2.24) is 14.7 Å². The summed E-state index contributed by atoms with van der Waals surface area (Å²) in [5.41, 5.74) is -0.0491. The average molecular weight is 570 g/mol. The van der Waals surface area contributed by atoms with Crippen molar-refractivity contribution in [3.63, 3.8) is 0 Å². The Kier molecular flexibility index (Phi) is 8.73. The van der Waals surface area contributed by atoms with Crippen LogP contribution >= 0.6 is 8.45 Å². The topological polar surface area (TPSA) is 27.7 Å². The Morgan fingerprint density at radius 2 is 1.21 bits per heavy atom. The van der Waals surface area contributed by atoms with Gasteiger partial charge in [0.25, 0.3) is 0 Å². The van der Waals surface area contributed by atoms with Crippen LogP contribution in [0.15, 0.2) is 78.9 Å². The van der Waals surface area contributed by atoms with Gasteiger partial charge in [0.2, 0.25) is 0 Å². The summed E-state index contributed by atoms with van der Waals surface area (Å²) in [5, 5.41) is 3.20. The van der Waals surface area contributed by atoms with Gasteiger partial charge in [-0.1, -0.05) is 54.6 Å². The van der Waals surface area contributed by atoms with Gasteiger partial charge in [-0.05, 0) is 69.0 Å². The van der Waals surface area contributed by atoms with Crippen LogP contribution < -0.4 is 5.32 Å². The molecule has 0 aliphatic carbocycles. The largest absolute Gasteiger partial charge is 0.416 e. The zero-order valence-corrected chi connectivity index (χ0v) is 22.7. The number of nitrogens with zero attached hydrogens (tertiary/aromatic N) is 2. The van der Waals surface area contributed by atoms with E-state index in [2.05, 4.69) is 5.32 Å². The first-order valence-corrected chi connectivity index (χ1v) is 13.5. The van der Waals surface area contributed by atoms with Crippen molar-refractivity contribution < 1.29 is 30.9 Å². The second-order valence-corrected chi connectivity index (χ2v) is 11.5.